The molecule has 98 valence electrons. The molecule has 0 spiro atoms. The highest BCUT2D eigenvalue weighted by Crippen LogP contribution is 2.34. The Morgan fingerprint density at radius 2 is 1.89 bits per heavy atom. The molecular formula is C11H8F3N5. The van der Waals surface area contributed by atoms with E-state index in [9.17, 15) is 13.2 Å². The number of halogens is 3. The van der Waals surface area contributed by atoms with E-state index in [0.29, 0.717) is 0 Å². The van der Waals surface area contributed by atoms with Crippen LogP contribution in [0.2, 0.25) is 0 Å². The molecule has 2 aromatic rings. The Morgan fingerprint density at radius 3 is 2.58 bits per heavy atom. The number of aromatic nitrogens is 2. The van der Waals surface area contributed by atoms with Gasteiger partial charge in [-0.2, -0.15) is 13.2 Å². The predicted molar refractivity (Wildman–Crippen MR) is 61.6 cm³/mol. The smallest absolute Gasteiger partial charge is 0.259 e. The average Bonchev–Trinajstić information content (AvgIpc) is 2.39. The van der Waals surface area contributed by atoms with Gasteiger partial charge in [-0.05, 0) is 12.1 Å². The molecule has 0 atom stereocenters. The number of nitrogens with zero attached hydrogens (tertiary/aromatic N) is 4. The predicted octanol–water partition coefficient (Wildman–Crippen LogP) is 3.61. The molecule has 0 saturated carbocycles. The second-order valence-electron chi connectivity index (χ2n) is 3.42. The minimum Gasteiger partial charge on any atom is -0.259 e. The van der Waals surface area contributed by atoms with Crippen LogP contribution in [0.1, 0.15) is 5.56 Å². The van der Waals surface area contributed by atoms with Crippen molar-refractivity contribution in [3.8, 4) is 0 Å². The van der Waals surface area contributed by atoms with E-state index in [0.717, 1.165) is 6.07 Å². The van der Waals surface area contributed by atoms with Crippen LogP contribution < -0.4 is 5.43 Å². The van der Waals surface area contributed by atoms with Gasteiger partial charge in [0.15, 0.2) is 5.82 Å². The minimum atomic E-state index is -4.45. The third-order valence-corrected chi connectivity index (χ3v) is 2.10. The number of nitrogens with one attached hydrogen (secondary N) is 1. The number of para-hydroxylation sites is 1. The van der Waals surface area contributed by atoms with E-state index in [2.05, 4.69) is 25.7 Å². The molecule has 8 heteroatoms. The lowest BCUT2D eigenvalue weighted by Crippen LogP contribution is -2.08. The quantitative estimate of drug-likeness (QED) is 0.682. The van der Waals surface area contributed by atoms with Crippen LogP contribution in [0.25, 0.3) is 0 Å². The Morgan fingerprint density at radius 1 is 1.11 bits per heavy atom. The molecule has 0 unspecified atom stereocenters. The van der Waals surface area contributed by atoms with Gasteiger partial charge in [-0.25, -0.2) is 4.98 Å². The summed E-state index contributed by atoms with van der Waals surface area (Å²) in [6.07, 6.45) is -0.268. The topological polar surface area (TPSA) is 62.5 Å². The molecule has 5 nitrogen and oxygen atoms in total. The number of hydrogen-bond acceptors (Lipinski definition) is 4. The molecule has 1 heterocycles. The van der Waals surface area contributed by atoms with E-state index in [1.54, 1.807) is 0 Å². The molecular weight excluding hydrogens is 259 g/mol. The summed E-state index contributed by atoms with van der Waals surface area (Å²) in [6, 6.07) is 4.99. The van der Waals surface area contributed by atoms with Crippen LogP contribution in [0.4, 0.5) is 24.7 Å². The third kappa shape index (κ3) is 3.47. The van der Waals surface area contributed by atoms with Gasteiger partial charge in [-0.15, -0.1) is 5.11 Å². The van der Waals surface area contributed by atoms with Gasteiger partial charge in [0.25, 0.3) is 0 Å². The first-order chi connectivity index (χ1) is 9.07. The molecule has 1 aromatic carbocycles. The van der Waals surface area contributed by atoms with Gasteiger partial charge < -0.3 is 0 Å². The van der Waals surface area contributed by atoms with Gasteiger partial charge in [-0.1, -0.05) is 17.4 Å². The number of alkyl halides is 3. The molecule has 0 radical (unpaired) electrons. The Balaban J connectivity index is 2.14. The summed E-state index contributed by atoms with van der Waals surface area (Å²) in [7, 11) is 0. The van der Waals surface area contributed by atoms with Crippen LogP contribution in [0.15, 0.2) is 53.2 Å². The van der Waals surface area contributed by atoms with Crippen molar-refractivity contribution in [2.24, 2.45) is 10.3 Å². The van der Waals surface area contributed by atoms with Crippen molar-refractivity contribution in [2.75, 3.05) is 5.43 Å². The van der Waals surface area contributed by atoms with Crippen LogP contribution in [0, 0.1) is 0 Å². The van der Waals surface area contributed by atoms with Gasteiger partial charge >= 0.3 is 6.18 Å². The minimum absolute atomic E-state index is 0.178. The van der Waals surface area contributed by atoms with Crippen LogP contribution in [-0.2, 0) is 6.18 Å². The largest absolute Gasteiger partial charge is 0.418 e. The summed E-state index contributed by atoms with van der Waals surface area (Å²) < 4.78 is 38.0. The molecule has 1 N–H and O–H groups in total. The summed E-state index contributed by atoms with van der Waals surface area (Å²) >= 11 is 0. The van der Waals surface area contributed by atoms with Crippen molar-refractivity contribution in [3.63, 3.8) is 0 Å². The lowest BCUT2D eigenvalue weighted by atomic mass is 10.2. The fourth-order valence-electron chi connectivity index (χ4n) is 1.30. The first-order valence-electron chi connectivity index (χ1n) is 5.16. The van der Waals surface area contributed by atoms with Crippen molar-refractivity contribution in [2.45, 2.75) is 6.18 Å². The van der Waals surface area contributed by atoms with Gasteiger partial charge in [0.05, 0.1) is 17.4 Å². The molecule has 2 rings (SSSR count). The van der Waals surface area contributed by atoms with E-state index in [1.807, 2.05) is 0 Å². The molecule has 0 saturated heterocycles. The summed E-state index contributed by atoms with van der Waals surface area (Å²) in [5.74, 6) is 0.194. The summed E-state index contributed by atoms with van der Waals surface area (Å²) in [6.45, 7) is 0. The number of anilines is 1. The van der Waals surface area contributed by atoms with Crippen molar-refractivity contribution >= 4 is 11.5 Å². The van der Waals surface area contributed by atoms with Crippen molar-refractivity contribution in [1.82, 2.24) is 9.97 Å². The highest BCUT2D eigenvalue weighted by atomic mass is 19.4. The average molecular weight is 267 g/mol. The Kier molecular flexibility index (Phi) is 3.69. The molecule has 0 aliphatic carbocycles. The van der Waals surface area contributed by atoms with E-state index < -0.39 is 11.7 Å². The van der Waals surface area contributed by atoms with Gasteiger partial charge in [-0.3, -0.25) is 10.4 Å². The Hall–Kier alpha value is -2.51. The second-order valence-corrected chi connectivity index (χ2v) is 3.42. The van der Waals surface area contributed by atoms with E-state index in [1.165, 1.54) is 36.8 Å². The summed E-state index contributed by atoms with van der Waals surface area (Å²) in [5, 5.41) is 7.06. The van der Waals surface area contributed by atoms with Crippen LogP contribution >= 0.6 is 0 Å². The van der Waals surface area contributed by atoms with Crippen molar-refractivity contribution in [3.05, 3.63) is 48.4 Å². The first kappa shape index (κ1) is 12.9. The monoisotopic (exact) mass is 267 g/mol. The highest BCUT2D eigenvalue weighted by Gasteiger charge is 2.33. The van der Waals surface area contributed by atoms with E-state index in [4.69, 9.17) is 0 Å². The Bertz CT molecular complexity index is 568. The maximum atomic E-state index is 12.7. The molecule has 0 fully saturated rings. The molecule has 19 heavy (non-hydrogen) atoms. The lowest BCUT2D eigenvalue weighted by molar-refractivity contribution is -0.136. The Labute approximate surface area is 106 Å². The van der Waals surface area contributed by atoms with Crippen molar-refractivity contribution in [1.29, 1.82) is 0 Å². The molecule has 0 amide bonds. The summed E-state index contributed by atoms with van der Waals surface area (Å²) in [4.78, 5) is 7.54. The first-order valence-corrected chi connectivity index (χ1v) is 5.16. The van der Waals surface area contributed by atoms with Crippen LogP contribution in [0.5, 0.6) is 0 Å². The number of hydrogen-bond donors (Lipinski definition) is 1. The lowest BCUT2D eigenvalue weighted by Gasteiger charge is -2.10. The van der Waals surface area contributed by atoms with Crippen LogP contribution in [-0.4, -0.2) is 9.97 Å². The standard InChI is InChI=1S/C11H8F3N5/c12-11(13,14)8-3-1-2-4-9(8)17-19-18-10-7-15-5-6-16-10/h1-7H,(H,16,17,18). The van der Waals surface area contributed by atoms with Gasteiger partial charge in [0.1, 0.15) is 0 Å². The molecule has 0 aliphatic rings. The fraction of sp³-hybridized carbons (Fsp3) is 0.0909. The van der Waals surface area contributed by atoms with E-state index >= 15 is 0 Å². The highest BCUT2D eigenvalue weighted by molar-refractivity contribution is 5.51. The number of benzene rings is 1. The van der Waals surface area contributed by atoms with E-state index in [-0.39, 0.29) is 11.5 Å². The van der Waals surface area contributed by atoms with Gasteiger partial charge in [0.2, 0.25) is 0 Å². The normalized spacial score (nSPS) is 11.7. The SMILES string of the molecule is FC(F)(F)c1ccccc1NN=Nc1cnccn1. The maximum absolute atomic E-state index is 12.7. The van der Waals surface area contributed by atoms with Crippen molar-refractivity contribution < 1.29 is 13.2 Å². The number of rotatable bonds is 3. The zero-order chi connectivity index (χ0) is 13.7. The van der Waals surface area contributed by atoms with Gasteiger partial charge in [0, 0.05) is 12.4 Å². The molecule has 0 aliphatic heterocycles. The zero-order valence-corrected chi connectivity index (χ0v) is 9.46. The molecule has 0 bridgehead atoms. The fourth-order valence-corrected chi connectivity index (χ4v) is 1.30. The zero-order valence-electron chi connectivity index (χ0n) is 9.46. The maximum Gasteiger partial charge on any atom is 0.418 e. The van der Waals surface area contributed by atoms with Crippen LogP contribution in [0.3, 0.4) is 0 Å². The third-order valence-electron chi connectivity index (χ3n) is 2.10. The second kappa shape index (κ2) is 5.42. The summed E-state index contributed by atoms with van der Waals surface area (Å²) in [5.41, 5.74) is 1.25. The molecule has 1 aromatic heterocycles.